The maximum Gasteiger partial charge on any atom is 0.417 e. The lowest BCUT2D eigenvalue weighted by molar-refractivity contribution is -0.137. The number of alkyl halides is 3. The highest BCUT2D eigenvalue weighted by atomic mass is 35.5. The van der Waals surface area contributed by atoms with Gasteiger partial charge in [-0.3, -0.25) is 9.29 Å². The summed E-state index contributed by atoms with van der Waals surface area (Å²) in [6, 6.07) is 3.44. The summed E-state index contributed by atoms with van der Waals surface area (Å²) in [5.41, 5.74) is -1.27. The Labute approximate surface area is 191 Å². The van der Waals surface area contributed by atoms with Crippen LogP contribution in [0.2, 0.25) is 10.0 Å². The molecule has 32 heavy (non-hydrogen) atoms. The van der Waals surface area contributed by atoms with E-state index in [-0.39, 0.29) is 28.3 Å². The average Bonchev–Trinajstić information content (AvgIpc) is 3.11. The zero-order valence-electron chi connectivity index (χ0n) is 16.9. The fraction of sp³-hybridized carbons (Fsp3) is 0.278. The molecule has 0 bridgehead atoms. The minimum Gasteiger partial charge on any atom is -0.357 e. The first-order chi connectivity index (χ1) is 14.8. The molecule has 0 saturated heterocycles. The van der Waals surface area contributed by atoms with E-state index in [9.17, 15) is 21.6 Å². The fourth-order valence-electron chi connectivity index (χ4n) is 2.90. The summed E-state index contributed by atoms with van der Waals surface area (Å²) in [5.74, 6) is 0.638. The Morgan fingerprint density at radius 2 is 1.81 bits per heavy atom. The van der Waals surface area contributed by atoms with E-state index in [1.807, 2.05) is 13.8 Å². The lowest BCUT2D eigenvalue weighted by Crippen LogP contribution is -2.16. The second-order valence-electron chi connectivity index (χ2n) is 6.86. The maximum atomic E-state index is 13.2. The van der Waals surface area contributed by atoms with Gasteiger partial charge >= 0.3 is 6.18 Å². The maximum absolute atomic E-state index is 13.2. The molecular formula is C18H17Cl2F3N6O2S. The summed E-state index contributed by atoms with van der Waals surface area (Å²) < 4.78 is 69.3. The Balaban J connectivity index is 2.12. The number of hydrogen-bond donors (Lipinski definition) is 2. The van der Waals surface area contributed by atoms with Crippen LogP contribution in [0.3, 0.4) is 0 Å². The van der Waals surface area contributed by atoms with Gasteiger partial charge in [-0.25, -0.2) is 13.4 Å². The Kier molecular flexibility index (Phi) is 6.59. The number of pyridine rings is 1. The summed E-state index contributed by atoms with van der Waals surface area (Å²) in [7, 11) is -2.83. The molecule has 1 aromatic carbocycles. The van der Waals surface area contributed by atoms with Crippen molar-refractivity contribution in [3.05, 3.63) is 46.1 Å². The van der Waals surface area contributed by atoms with Crippen molar-refractivity contribution in [3.8, 4) is 11.5 Å². The number of nitrogens with zero attached hydrogens (tertiary/aromatic N) is 4. The van der Waals surface area contributed by atoms with Gasteiger partial charge in [0.1, 0.15) is 5.69 Å². The largest absolute Gasteiger partial charge is 0.417 e. The first-order valence-electron chi connectivity index (χ1n) is 9.03. The van der Waals surface area contributed by atoms with Crippen LogP contribution in [0.15, 0.2) is 35.4 Å². The lowest BCUT2D eigenvalue weighted by atomic mass is 10.2. The van der Waals surface area contributed by atoms with Crippen molar-refractivity contribution in [1.82, 2.24) is 19.7 Å². The molecule has 3 rings (SSSR count). The van der Waals surface area contributed by atoms with Gasteiger partial charge in [0.25, 0.3) is 10.0 Å². The zero-order valence-corrected chi connectivity index (χ0v) is 19.2. The van der Waals surface area contributed by atoms with E-state index >= 15 is 0 Å². The number of benzene rings is 1. The Morgan fingerprint density at radius 1 is 1.12 bits per heavy atom. The summed E-state index contributed by atoms with van der Waals surface area (Å²) >= 11 is 11.6. The van der Waals surface area contributed by atoms with E-state index in [2.05, 4.69) is 25.2 Å². The average molecular weight is 509 g/mol. The van der Waals surface area contributed by atoms with E-state index < -0.39 is 31.7 Å². The number of hydrogen-bond acceptors (Lipinski definition) is 6. The van der Waals surface area contributed by atoms with E-state index in [0.717, 1.165) is 12.1 Å². The van der Waals surface area contributed by atoms with Gasteiger partial charge in [0.2, 0.25) is 5.95 Å². The van der Waals surface area contributed by atoms with Gasteiger partial charge in [0.05, 0.1) is 26.2 Å². The van der Waals surface area contributed by atoms with Crippen LogP contribution in [-0.2, 0) is 16.2 Å². The van der Waals surface area contributed by atoms with Crippen LogP contribution < -0.4 is 10.0 Å². The topological polar surface area (TPSA) is 102 Å². The molecular weight excluding hydrogens is 492 g/mol. The van der Waals surface area contributed by atoms with Gasteiger partial charge in [-0.1, -0.05) is 23.2 Å². The SMILES string of the molecule is CNc1nnc(-c2ncc(Cl)cc2NS(=O)(=O)c2ccc(Cl)c(C(F)(F)F)c2)n1C(C)C. The molecule has 0 aliphatic carbocycles. The number of halogens is 5. The Hall–Kier alpha value is -2.57. The molecule has 14 heteroatoms. The molecule has 0 radical (unpaired) electrons. The lowest BCUT2D eigenvalue weighted by Gasteiger charge is -2.16. The quantitative estimate of drug-likeness (QED) is 0.480. The third-order valence-electron chi connectivity index (χ3n) is 4.30. The molecule has 8 nitrogen and oxygen atoms in total. The molecule has 0 amide bonds. The monoisotopic (exact) mass is 508 g/mol. The molecule has 172 valence electrons. The van der Waals surface area contributed by atoms with Crippen LogP contribution in [-0.4, -0.2) is 35.2 Å². The van der Waals surface area contributed by atoms with Crippen molar-refractivity contribution in [2.75, 3.05) is 17.1 Å². The molecule has 0 atom stereocenters. The molecule has 0 saturated carbocycles. The molecule has 0 aliphatic heterocycles. The number of aromatic nitrogens is 4. The number of anilines is 2. The van der Waals surface area contributed by atoms with Crippen LogP contribution in [0.4, 0.5) is 24.8 Å². The summed E-state index contributed by atoms with van der Waals surface area (Å²) in [6.45, 7) is 3.72. The second-order valence-corrected chi connectivity index (χ2v) is 9.38. The van der Waals surface area contributed by atoms with Crippen molar-refractivity contribution in [1.29, 1.82) is 0 Å². The van der Waals surface area contributed by atoms with Crippen LogP contribution in [0.5, 0.6) is 0 Å². The molecule has 2 heterocycles. The van der Waals surface area contributed by atoms with Crippen molar-refractivity contribution in [2.24, 2.45) is 0 Å². The molecule has 0 fully saturated rings. The van der Waals surface area contributed by atoms with Gasteiger partial charge in [0, 0.05) is 19.3 Å². The molecule has 2 aromatic heterocycles. The highest BCUT2D eigenvalue weighted by Gasteiger charge is 2.35. The predicted molar refractivity (Wildman–Crippen MR) is 115 cm³/mol. The second kappa shape index (κ2) is 8.75. The smallest absolute Gasteiger partial charge is 0.357 e. The molecule has 0 spiro atoms. The standard InChI is InChI=1S/C18H17Cl2F3N6O2S/c1-9(2)29-16(26-27-17(29)24-3)15-14(6-10(19)8-25-15)28-32(30,31)11-4-5-13(20)12(7-11)18(21,22)23/h4-9,28H,1-3H3,(H,24,27). The van der Waals surface area contributed by atoms with Gasteiger partial charge < -0.3 is 5.32 Å². The van der Waals surface area contributed by atoms with Crippen LogP contribution in [0, 0.1) is 0 Å². The normalized spacial score (nSPS) is 12.3. The molecule has 2 N–H and O–H groups in total. The highest BCUT2D eigenvalue weighted by molar-refractivity contribution is 7.92. The van der Waals surface area contributed by atoms with Crippen molar-refractivity contribution < 1.29 is 21.6 Å². The van der Waals surface area contributed by atoms with Crippen LogP contribution in [0.1, 0.15) is 25.5 Å². The van der Waals surface area contributed by atoms with Crippen molar-refractivity contribution in [2.45, 2.75) is 31.0 Å². The third-order valence-corrected chi connectivity index (χ3v) is 6.20. The predicted octanol–water partition coefficient (Wildman–Crippen LogP) is 5.09. The van der Waals surface area contributed by atoms with Crippen LogP contribution in [0.25, 0.3) is 11.5 Å². The molecule has 3 aromatic rings. The Bertz CT molecular complexity index is 1260. The summed E-state index contributed by atoms with van der Waals surface area (Å²) in [5, 5.41) is 10.4. The van der Waals surface area contributed by atoms with Crippen molar-refractivity contribution in [3.63, 3.8) is 0 Å². The van der Waals surface area contributed by atoms with Gasteiger partial charge in [-0.15, -0.1) is 10.2 Å². The molecule has 0 unspecified atom stereocenters. The Morgan fingerprint density at radius 3 is 2.41 bits per heavy atom. The van der Waals surface area contributed by atoms with Gasteiger partial charge in [-0.05, 0) is 38.1 Å². The van der Waals surface area contributed by atoms with E-state index in [1.165, 1.54) is 12.3 Å². The number of nitrogens with one attached hydrogen (secondary N) is 2. The summed E-state index contributed by atoms with van der Waals surface area (Å²) in [4.78, 5) is 3.54. The van der Waals surface area contributed by atoms with Crippen molar-refractivity contribution >= 4 is 44.9 Å². The molecule has 0 aliphatic rings. The van der Waals surface area contributed by atoms with Crippen LogP contribution >= 0.6 is 23.2 Å². The first kappa shape index (κ1) is 24.1. The fourth-order valence-corrected chi connectivity index (χ4v) is 4.37. The minimum atomic E-state index is -4.83. The summed E-state index contributed by atoms with van der Waals surface area (Å²) in [6.07, 6.45) is -3.54. The van der Waals surface area contributed by atoms with E-state index in [4.69, 9.17) is 23.2 Å². The third kappa shape index (κ3) is 4.76. The highest BCUT2D eigenvalue weighted by Crippen LogP contribution is 2.37. The number of rotatable bonds is 6. The van der Waals surface area contributed by atoms with E-state index in [1.54, 1.807) is 11.6 Å². The van der Waals surface area contributed by atoms with E-state index in [0.29, 0.717) is 12.0 Å². The van der Waals surface area contributed by atoms with Gasteiger partial charge in [-0.2, -0.15) is 13.2 Å². The number of sulfonamides is 1. The van der Waals surface area contributed by atoms with Gasteiger partial charge in [0.15, 0.2) is 5.82 Å². The minimum absolute atomic E-state index is 0.0852. The zero-order chi connectivity index (χ0) is 23.8. The first-order valence-corrected chi connectivity index (χ1v) is 11.3.